The number of benzene rings is 2. The maximum Gasteiger partial charge on any atom is 0.235 e. The van der Waals surface area contributed by atoms with Crippen LogP contribution in [0.4, 0.5) is 0 Å². The van der Waals surface area contributed by atoms with Crippen LogP contribution in [-0.4, -0.2) is 36.0 Å². The summed E-state index contributed by atoms with van der Waals surface area (Å²) in [6.45, 7) is 3.14. The van der Waals surface area contributed by atoms with Crippen LogP contribution in [0, 0.1) is 0 Å². The first-order valence-corrected chi connectivity index (χ1v) is 9.48. The van der Waals surface area contributed by atoms with Gasteiger partial charge in [-0.1, -0.05) is 35.6 Å². The number of aromatic nitrogens is 6. The Kier molecular flexibility index (Phi) is 3.83. The number of imidazole rings is 1. The molecule has 7 nitrogen and oxygen atoms in total. The lowest BCUT2D eigenvalue weighted by Gasteiger charge is -2.06. The summed E-state index contributed by atoms with van der Waals surface area (Å²) in [7, 11) is 0. The molecule has 0 amide bonds. The van der Waals surface area contributed by atoms with Gasteiger partial charge >= 0.3 is 0 Å². The van der Waals surface area contributed by atoms with E-state index in [-0.39, 0.29) is 0 Å². The van der Waals surface area contributed by atoms with Gasteiger partial charge in [0.2, 0.25) is 4.96 Å². The van der Waals surface area contributed by atoms with E-state index in [2.05, 4.69) is 19.7 Å². The first-order valence-electron chi connectivity index (χ1n) is 8.66. The lowest BCUT2D eigenvalue weighted by atomic mass is 10.2. The van der Waals surface area contributed by atoms with E-state index in [1.165, 1.54) is 11.3 Å². The number of hydrogen-bond donors (Lipinski definition) is 0. The van der Waals surface area contributed by atoms with Gasteiger partial charge in [-0.15, -0.1) is 10.2 Å². The van der Waals surface area contributed by atoms with Crippen LogP contribution < -0.4 is 4.74 Å². The number of rotatable bonds is 5. The molecule has 3 heterocycles. The first-order chi connectivity index (χ1) is 13.3. The summed E-state index contributed by atoms with van der Waals surface area (Å²) in [5, 5.41) is 14.2. The van der Waals surface area contributed by atoms with Gasteiger partial charge in [0.1, 0.15) is 5.75 Å². The SMILES string of the molecule is CCOc1ccccc1-c1nn2c(Cn3cnc4ccccc43)nnc2s1. The molecule has 134 valence electrons. The van der Waals surface area contributed by atoms with E-state index in [0.717, 1.165) is 38.1 Å². The van der Waals surface area contributed by atoms with Crippen molar-refractivity contribution in [2.45, 2.75) is 13.5 Å². The molecule has 5 aromatic rings. The second-order valence-corrected chi connectivity index (χ2v) is 6.96. The smallest absolute Gasteiger partial charge is 0.235 e. The third-order valence-corrected chi connectivity index (χ3v) is 5.24. The molecule has 27 heavy (non-hydrogen) atoms. The fourth-order valence-electron chi connectivity index (χ4n) is 3.08. The summed E-state index contributed by atoms with van der Waals surface area (Å²) >= 11 is 1.50. The van der Waals surface area contributed by atoms with Crippen molar-refractivity contribution in [3.8, 4) is 16.3 Å². The fraction of sp³-hybridized carbons (Fsp3) is 0.158. The molecule has 2 aromatic carbocycles. The van der Waals surface area contributed by atoms with Crippen LogP contribution in [0.25, 0.3) is 26.6 Å². The van der Waals surface area contributed by atoms with E-state index < -0.39 is 0 Å². The molecule has 5 rings (SSSR count). The summed E-state index contributed by atoms with van der Waals surface area (Å²) in [4.78, 5) is 5.20. The van der Waals surface area contributed by atoms with E-state index in [1.54, 1.807) is 4.52 Å². The zero-order chi connectivity index (χ0) is 18.2. The van der Waals surface area contributed by atoms with E-state index in [1.807, 2.05) is 61.8 Å². The van der Waals surface area contributed by atoms with Crippen molar-refractivity contribution >= 4 is 27.3 Å². The molecule has 0 atom stereocenters. The fourth-order valence-corrected chi connectivity index (χ4v) is 3.97. The quantitative estimate of drug-likeness (QED) is 0.468. The Balaban J connectivity index is 1.54. The van der Waals surface area contributed by atoms with Crippen molar-refractivity contribution in [3.05, 3.63) is 60.7 Å². The van der Waals surface area contributed by atoms with Gasteiger partial charge in [-0.25, -0.2) is 4.98 Å². The summed E-state index contributed by atoms with van der Waals surface area (Å²) in [5.41, 5.74) is 2.99. The molecule has 0 radical (unpaired) electrons. The summed E-state index contributed by atoms with van der Waals surface area (Å²) in [5.74, 6) is 1.59. The van der Waals surface area contributed by atoms with Crippen LogP contribution in [0.3, 0.4) is 0 Å². The van der Waals surface area contributed by atoms with Gasteiger partial charge in [0.05, 0.1) is 36.1 Å². The molecular weight excluding hydrogens is 360 g/mol. The Morgan fingerprint density at radius 3 is 2.81 bits per heavy atom. The number of para-hydroxylation sites is 3. The summed E-state index contributed by atoms with van der Waals surface area (Å²) < 4.78 is 9.59. The topological polar surface area (TPSA) is 70.1 Å². The van der Waals surface area contributed by atoms with Crippen LogP contribution in [0.15, 0.2) is 54.9 Å². The minimum Gasteiger partial charge on any atom is -0.493 e. The lowest BCUT2D eigenvalue weighted by Crippen LogP contribution is -2.04. The van der Waals surface area contributed by atoms with E-state index in [4.69, 9.17) is 9.84 Å². The van der Waals surface area contributed by atoms with Crippen molar-refractivity contribution in [3.63, 3.8) is 0 Å². The van der Waals surface area contributed by atoms with Crippen LogP contribution >= 0.6 is 11.3 Å². The largest absolute Gasteiger partial charge is 0.493 e. The maximum atomic E-state index is 5.74. The zero-order valence-electron chi connectivity index (χ0n) is 14.6. The van der Waals surface area contributed by atoms with Gasteiger partial charge in [0.15, 0.2) is 10.8 Å². The average Bonchev–Trinajstić information content (AvgIpc) is 3.39. The Morgan fingerprint density at radius 2 is 1.89 bits per heavy atom. The highest BCUT2D eigenvalue weighted by molar-refractivity contribution is 7.19. The second-order valence-electron chi connectivity index (χ2n) is 6.01. The molecule has 0 aliphatic heterocycles. The number of nitrogens with zero attached hydrogens (tertiary/aromatic N) is 6. The third kappa shape index (κ3) is 2.74. The van der Waals surface area contributed by atoms with E-state index in [9.17, 15) is 0 Å². The molecule has 3 aromatic heterocycles. The number of fused-ring (bicyclic) bond motifs is 2. The molecule has 0 aliphatic carbocycles. The standard InChI is InChI=1S/C19H16N6OS/c1-2-26-16-10-6-3-7-13(16)18-23-25-17(21-22-19(25)27-18)11-24-12-20-14-8-4-5-9-15(14)24/h3-10,12H,2,11H2,1H3. The normalized spacial score (nSPS) is 11.4. The van der Waals surface area contributed by atoms with Crippen LogP contribution in [0.1, 0.15) is 12.7 Å². The van der Waals surface area contributed by atoms with Gasteiger partial charge in [0.25, 0.3) is 0 Å². The van der Waals surface area contributed by atoms with Crippen LogP contribution in [0.2, 0.25) is 0 Å². The highest BCUT2D eigenvalue weighted by atomic mass is 32.1. The van der Waals surface area contributed by atoms with Crippen molar-refractivity contribution in [1.82, 2.24) is 29.4 Å². The predicted molar refractivity (Wildman–Crippen MR) is 104 cm³/mol. The molecular formula is C19H16N6OS. The maximum absolute atomic E-state index is 5.74. The average molecular weight is 376 g/mol. The van der Waals surface area contributed by atoms with Gasteiger partial charge in [-0.05, 0) is 31.2 Å². The van der Waals surface area contributed by atoms with Gasteiger partial charge in [-0.3, -0.25) is 0 Å². The van der Waals surface area contributed by atoms with Gasteiger partial charge in [0, 0.05) is 0 Å². The molecule has 0 aliphatic rings. The second kappa shape index (κ2) is 6.48. The van der Waals surface area contributed by atoms with E-state index >= 15 is 0 Å². The minimum absolute atomic E-state index is 0.554. The molecule has 0 spiro atoms. The molecule has 0 fully saturated rings. The molecule has 0 saturated carbocycles. The zero-order valence-corrected chi connectivity index (χ0v) is 15.4. The Bertz CT molecular complexity index is 1240. The van der Waals surface area contributed by atoms with Crippen LogP contribution in [-0.2, 0) is 6.54 Å². The highest BCUT2D eigenvalue weighted by Gasteiger charge is 2.16. The summed E-state index contributed by atoms with van der Waals surface area (Å²) in [6.07, 6.45) is 1.82. The molecule has 0 unspecified atom stereocenters. The predicted octanol–water partition coefficient (Wildman–Crippen LogP) is 3.65. The van der Waals surface area contributed by atoms with Crippen molar-refractivity contribution < 1.29 is 4.74 Å². The highest BCUT2D eigenvalue weighted by Crippen LogP contribution is 2.33. The van der Waals surface area contributed by atoms with Crippen molar-refractivity contribution in [2.75, 3.05) is 6.61 Å². The van der Waals surface area contributed by atoms with E-state index in [0.29, 0.717) is 13.2 Å². The number of hydrogen-bond acceptors (Lipinski definition) is 6. The lowest BCUT2D eigenvalue weighted by molar-refractivity contribution is 0.341. The molecule has 8 heteroatoms. The van der Waals surface area contributed by atoms with Crippen molar-refractivity contribution in [2.24, 2.45) is 0 Å². The summed E-state index contributed by atoms with van der Waals surface area (Å²) in [6, 6.07) is 16.0. The molecule has 0 bridgehead atoms. The van der Waals surface area contributed by atoms with Crippen molar-refractivity contribution in [1.29, 1.82) is 0 Å². The third-order valence-electron chi connectivity index (χ3n) is 4.31. The number of ether oxygens (including phenoxy) is 1. The Labute approximate surface area is 158 Å². The monoisotopic (exact) mass is 376 g/mol. The van der Waals surface area contributed by atoms with Gasteiger partial charge < -0.3 is 9.30 Å². The van der Waals surface area contributed by atoms with Crippen LogP contribution in [0.5, 0.6) is 5.75 Å². The Hall–Kier alpha value is -3.26. The first kappa shape index (κ1) is 16.0. The Morgan fingerprint density at radius 1 is 1.04 bits per heavy atom. The van der Waals surface area contributed by atoms with Gasteiger partial charge in [-0.2, -0.15) is 9.61 Å². The minimum atomic E-state index is 0.554. The molecule has 0 N–H and O–H groups in total. The molecule has 0 saturated heterocycles.